The predicted molar refractivity (Wildman–Crippen MR) is 147 cm³/mol. The lowest BCUT2D eigenvalue weighted by Gasteiger charge is -2.45. The number of hydrogen-bond acceptors (Lipinski definition) is 11. The molecule has 39 heavy (non-hydrogen) atoms. The van der Waals surface area contributed by atoms with Crippen LogP contribution in [0.15, 0.2) is 45.7 Å². The topological polar surface area (TPSA) is 164 Å². The summed E-state index contributed by atoms with van der Waals surface area (Å²) in [5, 5.41) is 13.1. The minimum atomic E-state index is -4.22. The number of furan rings is 1. The molecule has 0 aliphatic carbocycles. The van der Waals surface area contributed by atoms with Gasteiger partial charge >= 0.3 is 5.97 Å². The molecule has 0 spiro atoms. The molecule has 1 fully saturated rings. The van der Waals surface area contributed by atoms with Crippen LogP contribution in [0.1, 0.15) is 13.3 Å². The van der Waals surface area contributed by atoms with Crippen LogP contribution in [-0.4, -0.2) is 78.3 Å². The van der Waals surface area contributed by atoms with Crippen molar-refractivity contribution in [1.82, 2.24) is 9.79 Å². The van der Waals surface area contributed by atoms with Crippen molar-refractivity contribution in [2.75, 3.05) is 37.6 Å². The lowest BCUT2D eigenvalue weighted by Crippen LogP contribution is -2.63. The third kappa shape index (κ3) is 5.60. The van der Waals surface area contributed by atoms with Crippen molar-refractivity contribution in [3.63, 3.8) is 0 Å². The molecule has 2 heterocycles. The molecule has 2 amide bonds. The summed E-state index contributed by atoms with van der Waals surface area (Å²) in [6, 6.07) is 7.85. The zero-order valence-electron chi connectivity index (χ0n) is 21.3. The highest BCUT2D eigenvalue weighted by atomic mass is 32.2. The van der Waals surface area contributed by atoms with Gasteiger partial charge in [0.15, 0.2) is 10.3 Å². The number of ether oxygens (including phenoxy) is 2. The van der Waals surface area contributed by atoms with Gasteiger partial charge in [0, 0.05) is 29.1 Å². The molecule has 1 unspecified atom stereocenters. The van der Waals surface area contributed by atoms with Gasteiger partial charge in [0.25, 0.3) is 5.91 Å². The van der Waals surface area contributed by atoms with Crippen LogP contribution >= 0.6 is 23.5 Å². The molecule has 0 saturated carbocycles. The van der Waals surface area contributed by atoms with E-state index in [4.69, 9.17) is 13.9 Å². The first-order valence-corrected chi connectivity index (χ1v) is 15.6. The zero-order valence-corrected chi connectivity index (χ0v) is 23.7. The number of nitrogens with zero attached hydrogens (tertiary/aromatic N) is 1. The number of benzene rings is 2. The molecule has 0 bridgehead atoms. The Balaban J connectivity index is 1.68. The van der Waals surface area contributed by atoms with E-state index in [1.54, 1.807) is 43.1 Å². The summed E-state index contributed by atoms with van der Waals surface area (Å²) in [6.45, 7) is 1.78. The van der Waals surface area contributed by atoms with Gasteiger partial charge in [0.1, 0.15) is 17.6 Å². The van der Waals surface area contributed by atoms with Crippen LogP contribution in [0.25, 0.3) is 21.9 Å². The van der Waals surface area contributed by atoms with Crippen molar-refractivity contribution in [3.05, 3.63) is 36.4 Å². The van der Waals surface area contributed by atoms with Crippen molar-refractivity contribution >= 4 is 79.0 Å². The fourth-order valence-corrected chi connectivity index (χ4v) is 8.11. The van der Waals surface area contributed by atoms with Crippen molar-refractivity contribution in [2.24, 2.45) is 0 Å². The molecule has 12 nitrogen and oxygen atoms in total. The number of esters is 1. The maximum atomic E-state index is 13.8. The van der Waals surface area contributed by atoms with Gasteiger partial charge in [-0.25, -0.2) is 13.9 Å². The van der Waals surface area contributed by atoms with Crippen molar-refractivity contribution in [2.45, 2.75) is 28.5 Å². The maximum Gasteiger partial charge on any atom is 0.315 e. The molecule has 1 atom stereocenters. The Morgan fingerprint density at radius 2 is 1.87 bits per heavy atom. The Labute approximate surface area is 232 Å². The zero-order chi connectivity index (χ0) is 28.4. The molecule has 15 heteroatoms. The van der Waals surface area contributed by atoms with E-state index in [9.17, 15) is 28.0 Å². The summed E-state index contributed by atoms with van der Waals surface area (Å²) in [5.41, 5.74) is 2.76. The minimum absolute atomic E-state index is 0.0532. The third-order valence-corrected chi connectivity index (χ3v) is 10.8. The van der Waals surface area contributed by atoms with Gasteiger partial charge in [-0.3, -0.25) is 19.6 Å². The average Bonchev–Trinajstić information content (AvgIpc) is 3.29. The van der Waals surface area contributed by atoms with Crippen LogP contribution in [0.5, 0.6) is 0 Å². The lowest BCUT2D eigenvalue weighted by molar-refractivity contribution is -0.145. The van der Waals surface area contributed by atoms with Crippen molar-refractivity contribution < 1.29 is 41.9 Å². The van der Waals surface area contributed by atoms with E-state index in [0.29, 0.717) is 27.6 Å². The summed E-state index contributed by atoms with van der Waals surface area (Å²) < 4.78 is 43.9. The summed E-state index contributed by atoms with van der Waals surface area (Å²) >= 11 is 2.34. The maximum absolute atomic E-state index is 13.8. The standard InChI is InChI=1S/C24H27N3O9S3/c1-4-34-21(29)13-20(28)25-14-5-7-16-17-12-15(6-8-18(17)36-19(16)11-14)39(32,33)27-9-10-35-24(37-2,38-3)22(27)23(30)26-31/h5-8,11-12,22,31H,4,9-10,13H2,1-3H3,(H,25,28)(H,26,30). The fraction of sp³-hybridized carbons (Fsp3) is 0.375. The Kier molecular flexibility index (Phi) is 8.78. The number of carbonyl (C=O) groups is 3. The molecule has 1 aromatic heterocycles. The number of anilines is 1. The molecule has 0 radical (unpaired) electrons. The van der Waals surface area contributed by atoms with Gasteiger partial charge in [0.2, 0.25) is 15.9 Å². The normalized spacial score (nSPS) is 17.7. The van der Waals surface area contributed by atoms with Gasteiger partial charge < -0.3 is 19.2 Å². The summed E-state index contributed by atoms with van der Waals surface area (Å²) in [4.78, 5) is 36.3. The van der Waals surface area contributed by atoms with Gasteiger partial charge in [-0.2, -0.15) is 4.31 Å². The molecule has 1 saturated heterocycles. The Bertz CT molecular complexity index is 1520. The second-order valence-corrected chi connectivity index (χ2v) is 12.5. The average molecular weight is 598 g/mol. The number of amides is 2. The SMILES string of the molecule is CCOC(=O)CC(=O)Nc1ccc2c(c1)oc1ccc(S(=O)(=O)N3CCOC(SC)(SC)C3C(=O)NO)cc12. The number of morpholine rings is 1. The molecular formula is C24H27N3O9S3. The van der Waals surface area contributed by atoms with E-state index in [1.807, 2.05) is 0 Å². The largest absolute Gasteiger partial charge is 0.466 e. The molecule has 1 aliphatic rings. The quantitative estimate of drug-likeness (QED) is 0.109. The van der Waals surface area contributed by atoms with E-state index in [2.05, 4.69) is 5.32 Å². The predicted octanol–water partition coefficient (Wildman–Crippen LogP) is 2.75. The number of fused-ring (bicyclic) bond motifs is 3. The fourth-order valence-electron chi connectivity index (χ4n) is 4.38. The van der Waals surface area contributed by atoms with Gasteiger partial charge in [-0.15, -0.1) is 23.5 Å². The van der Waals surface area contributed by atoms with Crippen LogP contribution in [0.2, 0.25) is 0 Å². The highest BCUT2D eigenvalue weighted by Crippen LogP contribution is 2.45. The summed E-state index contributed by atoms with van der Waals surface area (Å²) in [6.07, 6.45) is 2.96. The van der Waals surface area contributed by atoms with E-state index >= 15 is 0 Å². The van der Waals surface area contributed by atoms with E-state index in [-0.39, 0.29) is 24.7 Å². The first kappa shape index (κ1) is 29.2. The number of rotatable bonds is 9. The summed E-state index contributed by atoms with van der Waals surface area (Å²) in [5.74, 6) is -2.09. The second kappa shape index (κ2) is 11.7. The monoisotopic (exact) mass is 597 g/mol. The van der Waals surface area contributed by atoms with E-state index in [0.717, 1.165) is 4.31 Å². The molecule has 1 aliphatic heterocycles. The Hall–Kier alpha value is -2.82. The highest BCUT2D eigenvalue weighted by Gasteiger charge is 2.53. The van der Waals surface area contributed by atoms with Crippen molar-refractivity contribution in [3.8, 4) is 0 Å². The Morgan fingerprint density at radius 3 is 2.54 bits per heavy atom. The second-order valence-electron chi connectivity index (χ2n) is 8.36. The lowest BCUT2D eigenvalue weighted by atomic mass is 10.1. The van der Waals surface area contributed by atoms with Crippen LogP contribution < -0.4 is 10.8 Å². The minimum Gasteiger partial charge on any atom is -0.466 e. The third-order valence-electron chi connectivity index (χ3n) is 6.11. The Morgan fingerprint density at radius 1 is 1.13 bits per heavy atom. The molecular weight excluding hydrogens is 570 g/mol. The molecule has 210 valence electrons. The first-order valence-electron chi connectivity index (χ1n) is 11.7. The number of nitrogens with one attached hydrogen (secondary N) is 2. The molecule has 2 aromatic carbocycles. The number of hydroxylamine groups is 1. The van der Waals surface area contributed by atoms with Gasteiger partial charge in [0.05, 0.1) is 18.1 Å². The molecule has 3 N–H and O–H groups in total. The number of thioether (sulfide) groups is 2. The van der Waals surface area contributed by atoms with Crippen LogP contribution in [0.3, 0.4) is 0 Å². The summed E-state index contributed by atoms with van der Waals surface area (Å²) in [7, 11) is -4.22. The van der Waals surface area contributed by atoms with Crippen LogP contribution in [-0.2, 0) is 33.9 Å². The smallest absolute Gasteiger partial charge is 0.315 e. The molecule has 3 aromatic rings. The van der Waals surface area contributed by atoms with Crippen molar-refractivity contribution in [1.29, 1.82) is 0 Å². The van der Waals surface area contributed by atoms with E-state index in [1.165, 1.54) is 41.7 Å². The molecule has 4 rings (SSSR count). The van der Waals surface area contributed by atoms with Gasteiger partial charge in [-0.1, -0.05) is 0 Å². The number of sulfonamides is 1. The van der Waals surface area contributed by atoms with Crippen LogP contribution in [0, 0.1) is 0 Å². The first-order chi connectivity index (χ1) is 18.6. The van der Waals surface area contributed by atoms with Crippen LogP contribution in [0.4, 0.5) is 5.69 Å². The number of hydrogen-bond donors (Lipinski definition) is 3. The van der Waals surface area contributed by atoms with Gasteiger partial charge in [-0.05, 0) is 49.8 Å². The van der Waals surface area contributed by atoms with E-state index < -0.39 is 44.5 Å². The number of carbonyl (C=O) groups excluding carboxylic acids is 3. The highest BCUT2D eigenvalue weighted by molar-refractivity contribution is 8.17.